The molecule has 0 aliphatic carbocycles. The molecule has 0 fully saturated rings. The van der Waals surface area contributed by atoms with Gasteiger partial charge in [-0.2, -0.15) is 0 Å². The maximum atomic E-state index is 13.4. The molecule has 0 bridgehead atoms. The Morgan fingerprint density at radius 1 is 1.16 bits per heavy atom. The van der Waals surface area contributed by atoms with Gasteiger partial charge in [0.1, 0.15) is 5.82 Å². The first-order valence-electron chi connectivity index (χ1n) is 6.11. The summed E-state index contributed by atoms with van der Waals surface area (Å²) < 4.78 is 14.4. The minimum Gasteiger partial charge on any atom is -0.385 e. The normalized spacial score (nSPS) is 14.2. The van der Waals surface area contributed by atoms with Gasteiger partial charge in [0.25, 0.3) is 0 Å². The highest BCUT2D eigenvalue weighted by Crippen LogP contribution is 2.27. The lowest BCUT2D eigenvalue weighted by Gasteiger charge is -2.24. The van der Waals surface area contributed by atoms with Gasteiger partial charge in [-0.15, -0.1) is 0 Å². The summed E-state index contributed by atoms with van der Waals surface area (Å²) in [5.41, 5.74) is 1.34. The van der Waals surface area contributed by atoms with Gasteiger partial charge < -0.3 is 5.11 Å². The van der Waals surface area contributed by atoms with Crippen LogP contribution in [-0.4, -0.2) is 5.11 Å². The topological polar surface area (TPSA) is 20.2 Å². The van der Waals surface area contributed by atoms with Crippen LogP contribution in [0.2, 0.25) is 0 Å². The molecule has 3 heteroatoms. The second-order valence-electron chi connectivity index (χ2n) is 5.09. The summed E-state index contributed by atoms with van der Waals surface area (Å²) in [5, 5.41) is 10.6. The average Bonchev–Trinajstić information content (AvgIpc) is 2.31. The third-order valence-electron chi connectivity index (χ3n) is 3.13. The van der Waals surface area contributed by atoms with Crippen molar-refractivity contribution in [2.45, 2.75) is 25.9 Å². The zero-order valence-electron chi connectivity index (χ0n) is 11.0. The predicted molar refractivity (Wildman–Crippen MR) is 78.6 cm³/mol. The molecular formula is C16H16BrFO. The van der Waals surface area contributed by atoms with Gasteiger partial charge in [0.05, 0.1) is 5.60 Å². The van der Waals surface area contributed by atoms with Crippen LogP contribution in [0.25, 0.3) is 0 Å². The van der Waals surface area contributed by atoms with Crippen LogP contribution < -0.4 is 0 Å². The van der Waals surface area contributed by atoms with Gasteiger partial charge >= 0.3 is 0 Å². The summed E-state index contributed by atoms with van der Waals surface area (Å²) in [4.78, 5) is 0. The quantitative estimate of drug-likeness (QED) is 0.890. The molecule has 0 heterocycles. The highest BCUT2D eigenvalue weighted by molar-refractivity contribution is 9.10. The van der Waals surface area contributed by atoms with E-state index >= 15 is 0 Å². The monoisotopic (exact) mass is 322 g/mol. The zero-order chi connectivity index (χ0) is 14.0. The smallest absolute Gasteiger partial charge is 0.123 e. The van der Waals surface area contributed by atoms with Crippen LogP contribution in [-0.2, 0) is 12.0 Å². The maximum absolute atomic E-state index is 13.4. The van der Waals surface area contributed by atoms with E-state index in [0.29, 0.717) is 12.0 Å². The van der Waals surface area contributed by atoms with Gasteiger partial charge in [-0.1, -0.05) is 34.1 Å². The number of aliphatic hydroxyl groups is 1. The van der Waals surface area contributed by atoms with E-state index in [1.165, 1.54) is 12.1 Å². The molecule has 2 rings (SSSR count). The standard InChI is InChI=1S/C16H16BrFO/c1-11-7-13(9-15(18)8-11)16(2,19)10-12-3-5-14(17)6-4-12/h3-9,19H,10H2,1-2H3. The van der Waals surface area contributed by atoms with E-state index in [-0.39, 0.29) is 5.82 Å². The Balaban J connectivity index is 2.28. The summed E-state index contributed by atoms with van der Waals surface area (Å²) in [7, 11) is 0. The molecule has 0 saturated heterocycles. The molecule has 0 radical (unpaired) electrons. The Morgan fingerprint density at radius 2 is 1.79 bits per heavy atom. The summed E-state index contributed by atoms with van der Waals surface area (Å²) in [6, 6.07) is 12.4. The molecule has 1 unspecified atom stereocenters. The van der Waals surface area contributed by atoms with E-state index in [1.807, 2.05) is 37.3 Å². The fourth-order valence-corrected chi connectivity index (χ4v) is 2.41. The molecule has 1 N–H and O–H groups in total. The Kier molecular flexibility index (Phi) is 4.07. The number of hydrogen-bond acceptors (Lipinski definition) is 1. The molecule has 1 nitrogen and oxygen atoms in total. The van der Waals surface area contributed by atoms with Gasteiger partial charge in [0.2, 0.25) is 0 Å². The summed E-state index contributed by atoms with van der Waals surface area (Å²) in [6.07, 6.45) is 0.448. The van der Waals surface area contributed by atoms with Crippen molar-refractivity contribution in [2.75, 3.05) is 0 Å². The van der Waals surface area contributed by atoms with E-state index in [4.69, 9.17) is 0 Å². The molecule has 0 aliphatic rings. The third-order valence-corrected chi connectivity index (χ3v) is 3.65. The van der Waals surface area contributed by atoms with E-state index in [9.17, 15) is 9.50 Å². The van der Waals surface area contributed by atoms with Gasteiger partial charge in [0.15, 0.2) is 0 Å². The molecule has 2 aromatic rings. The lowest BCUT2D eigenvalue weighted by Crippen LogP contribution is -2.24. The minimum absolute atomic E-state index is 0.314. The highest BCUT2D eigenvalue weighted by atomic mass is 79.9. The van der Waals surface area contributed by atoms with Gasteiger partial charge in [-0.25, -0.2) is 4.39 Å². The Bertz CT molecular complexity index is 556. The van der Waals surface area contributed by atoms with Crippen LogP contribution in [0.15, 0.2) is 46.9 Å². The van der Waals surface area contributed by atoms with Crippen molar-refractivity contribution in [3.63, 3.8) is 0 Å². The van der Waals surface area contributed by atoms with Crippen molar-refractivity contribution in [1.29, 1.82) is 0 Å². The van der Waals surface area contributed by atoms with Crippen molar-refractivity contribution in [3.8, 4) is 0 Å². The van der Waals surface area contributed by atoms with Crippen LogP contribution in [0.1, 0.15) is 23.6 Å². The summed E-state index contributed by atoms with van der Waals surface area (Å²) in [6.45, 7) is 3.53. The molecule has 100 valence electrons. The first-order chi connectivity index (χ1) is 8.87. The molecule has 0 aliphatic heterocycles. The van der Waals surface area contributed by atoms with Gasteiger partial charge in [0, 0.05) is 10.9 Å². The molecule has 0 amide bonds. The van der Waals surface area contributed by atoms with Crippen LogP contribution in [0.4, 0.5) is 4.39 Å². The zero-order valence-corrected chi connectivity index (χ0v) is 12.5. The molecule has 2 aromatic carbocycles. The highest BCUT2D eigenvalue weighted by Gasteiger charge is 2.24. The Hall–Kier alpha value is -1.19. The fraction of sp³-hybridized carbons (Fsp3) is 0.250. The van der Waals surface area contributed by atoms with Crippen LogP contribution >= 0.6 is 15.9 Å². The second-order valence-corrected chi connectivity index (χ2v) is 6.01. The largest absolute Gasteiger partial charge is 0.385 e. The van der Waals surface area contributed by atoms with E-state index < -0.39 is 5.60 Å². The van der Waals surface area contributed by atoms with Gasteiger partial charge in [-0.05, 0) is 54.8 Å². The average molecular weight is 323 g/mol. The lowest BCUT2D eigenvalue weighted by molar-refractivity contribution is 0.0572. The predicted octanol–water partition coefficient (Wildman–Crippen LogP) is 4.35. The van der Waals surface area contributed by atoms with Crippen molar-refractivity contribution < 1.29 is 9.50 Å². The van der Waals surface area contributed by atoms with Crippen LogP contribution in [0.5, 0.6) is 0 Å². The molecule has 0 saturated carbocycles. The lowest BCUT2D eigenvalue weighted by atomic mass is 9.88. The molecule has 0 spiro atoms. The Morgan fingerprint density at radius 3 is 2.37 bits per heavy atom. The van der Waals surface area contributed by atoms with Crippen LogP contribution in [0, 0.1) is 12.7 Å². The first-order valence-corrected chi connectivity index (χ1v) is 6.91. The number of hydrogen-bond donors (Lipinski definition) is 1. The molecule has 1 atom stereocenters. The molecular weight excluding hydrogens is 307 g/mol. The number of halogens is 2. The van der Waals surface area contributed by atoms with Crippen molar-refractivity contribution >= 4 is 15.9 Å². The number of benzene rings is 2. The second kappa shape index (κ2) is 5.43. The van der Waals surface area contributed by atoms with Crippen molar-refractivity contribution in [2.24, 2.45) is 0 Å². The number of aryl methyl sites for hydroxylation is 1. The van der Waals surface area contributed by atoms with Crippen molar-refractivity contribution in [1.82, 2.24) is 0 Å². The van der Waals surface area contributed by atoms with E-state index in [1.54, 1.807) is 6.92 Å². The van der Waals surface area contributed by atoms with Gasteiger partial charge in [-0.3, -0.25) is 0 Å². The fourth-order valence-electron chi connectivity index (χ4n) is 2.15. The first kappa shape index (κ1) is 14.2. The minimum atomic E-state index is -1.08. The molecule has 0 aromatic heterocycles. The van der Waals surface area contributed by atoms with E-state index in [2.05, 4.69) is 15.9 Å². The van der Waals surface area contributed by atoms with Crippen molar-refractivity contribution in [3.05, 3.63) is 69.4 Å². The van der Waals surface area contributed by atoms with E-state index in [0.717, 1.165) is 15.6 Å². The Labute approximate surface area is 121 Å². The number of rotatable bonds is 3. The summed E-state index contributed by atoms with van der Waals surface area (Å²) in [5.74, 6) is -0.314. The van der Waals surface area contributed by atoms with Crippen LogP contribution in [0.3, 0.4) is 0 Å². The SMILES string of the molecule is Cc1cc(F)cc(C(C)(O)Cc2ccc(Br)cc2)c1. The maximum Gasteiger partial charge on any atom is 0.123 e. The molecule has 19 heavy (non-hydrogen) atoms. The third kappa shape index (κ3) is 3.64. The summed E-state index contributed by atoms with van der Waals surface area (Å²) >= 11 is 3.38.